The Balaban J connectivity index is 2.80. The van der Waals surface area contributed by atoms with Crippen molar-refractivity contribution in [2.75, 3.05) is 6.54 Å². The van der Waals surface area contributed by atoms with Gasteiger partial charge in [-0.05, 0) is 13.3 Å². The minimum atomic E-state index is -0.727. The molecule has 0 saturated carbocycles. The molecule has 1 aliphatic heterocycles. The average Bonchev–Trinajstić information content (AvgIpc) is 2.32. The fraction of sp³-hybridized carbons (Fsp3) is 0.750. The molecule has 1 amide bonds. The van der Waals surface area contributed by atoms with Gasteiger partial charge in [0.1, 0.15) is 11.2 Å². The summed E-state index contributed by atoms with van der Waals surface area (Å²) in [5, 5.41) is 2.67. The van der Waals surface area contributed by atoms with E-state index in [2.05, 4.69) is 5.32 Å². The highest BCUT2D eigenvalue weighted by Gasteiger charge is 2.42. The lowest BCUT2D eigenvalue weighted by Crippen LogP contribution is -2.35. The third-order valence-electron chi connectivity index (χ3n) is 2.35. The van der Waals surface area contributed by atoms with Crippen LogP contribution in [0.3, 0.4) is 0 Å². The van der Waals surface area contributed by atoms with E-state index >= 15 is 0 Å². The van der Waals surface area contributed by atoms with E-state index in [0.29, 0.717) is 19.4 Å². The smallest absolute Gasteiger partial charge is 0.233 e. The Hall–Kier alpha value is -0.860. The van der Waals surface area contributed by atoms with Crippen LogP contribution in [0.5, 0.6) is 0 Å². The monoisotopic (exact) mass is 155 g/mol. The molecule has 3 nitrogen and oxygen atoms in total. The van der Waals surface area contributed by atoms with Gasteiger partial charge in [0.2, 0.25) is 5.91 Å². The van der Waals surface area contributed by atoms with Gasteiger partial charge < -0.3 is 5.32 Å². The van der Waals surface area contributed by atoms with E-state index in [1.54, 1.807) is 13.8 Å². The van der Waals surface area contributed by atoms with Gasteiger partial charge in [-0.3, -0.25) is 9.59 Å². The first-order valence-electron chi connectivity index (χ1n) is 3.93. The summed E-state index contributed by atoms with van der Waals surface area (Å²) in [5.74, 6) is -0.0585. The Morgan fingerprint density at radius 3 is 2.73 bits per heavy atom. The lowest BCUT2D eigenvalue weighted by molar-refractivity contribution is -0.138. The van der Waals surface area contributed by atoms with Gasteiger partial charge in [-0.15, -0.1) is 0 Å². The molecule has 1 aliphatic rings. The predicted molar refractivity (Wildman–Crippen MR) is 41.0 cm³/mol. The minimum Gasteiger partial charge on any atom is -0.355 e. The summed E-state index contributed by atoms with van der Waals surface area (Å²) in [6, 6.07) is 0. The van der Waals surface area contributed by atoms with Crippen LogP contribution < -0.4 is 5.32 Å². The summed E-state index contributed by atoms with van der Waals surface area (Å²) in [5.41, 5.74) is -0.727. The third-order valence-corrected chi connectivity index (χ3v) is 2.35. The highest BCUT2D eigenvalue weighted by atomic mass is 16.2. The topological polar surface area (TPSA) is 46.2 Å². The summed E-state index contributed by atoms with van der Waals surface area (Å²) in [4.78, 5) is 22.4. The second-order valence-corrected chi connectivity index (χ2v) is 3.11. The quantitative estimate of drug-likeness (QED) is 0.590. The lowest BCUT2D eigenvalue weighted by Gasteiger charge is -2.16. The van der Waals surface area contributed by atoms with E-state index in [9.17, 15) is 9.59 Å². The molecule has 3 heteroatoms. The number of nitrogens with one attached hydrogen (secondary N) is 1. The van der Waals surface area contributed by atoms with Gasteiger partial charge in [0.25, 0.3) is 0 Å². The third kappa shape index (κ3) is 1.15. The van der Waals surface area contributed by atoms with Gasteiger partial charge in [0.05, 0.1) is 0 Å². The molecule has 1 heterocycles. The summed E-state index contributed by atoms with van der Waals surface area (Å²) in [6.45, 7) is 4.15. The SMILES string of the molecule is CCC(=O)C1(C)CCNC1=O. The molecule has 0 spiro atoms. The van der Waals surface area contributed by atoms with Crippen molar-refractivity contribution < 1.29 is 9.59 Å². The van der Waals surface area contributed by atoms with Crippen LogP contribution in [0.4, 0.5) is 0 Å². The summed E-state index contributed by atoms with van der Waals surface area (Å²) in [6.07, 6.45) is 1.10. The van der Waals surface area contributed by atoms with Crippen molar-refractivity contribution in [2.45, 2.75) is 26.7 Å². The van der Waals surface area contributed by atoms with Crippen molar-refractivity contribution in [1.29, 1.82) is 0 Å². The molecule has 1 fully saturated rings. The van der Waals surface area contributed by atoms with E-state index in [-0.39, 0.29) is 11.7 Å². The fourth-order valence-electron chi connectivity index (χ4n) is 1.39. The zero-order valence-corrected chi connectivity index (χ0v) is 6.94. The number of amides is 1. The molecule has 1 unspecified atom stereocenters. The van der Waals surface area contributed by atoms with E-state index in [1.807, 2.05) is 0 Å². The number of Topliss-reactive ketones (excluding diaryl/α,β-unsaturated/α-hetero) is 1. The van der Waals surface area contributed by atoms with E-state index < -0.39 is 5.41 Å². The first-order valence-corrected chi connectivity index (χ1v) is 3.93. The molecule has 0 bridgehead atoms. The Kier molecular flexibility index (Phi) is 1.98. The van der Waals surface area contributed by atoms with Gasteiger partial charge in [-0.25, -0.2) is 0 Å². The van der Waals surface area contributed by atoms with Gasteiger partial charge in [0, 0.05) is 13.0 Å². The van der Waals surface area contributed by atoms with Crippen molar-refractivity contribution in [2.24, 2.45) is 5.41 Å². The van der Waals surface area contributed by atoms with Crippen LogP contribution in [0.15, 0.2) is 0 Å². The van der Waals surface area contributed by atoms with E-state index in [1.165, 1.54) is 0 Å². The van der Waals surface area contributed by atoms with Gasteiger partial charge in [-0.2, -0.15) is 0 Å². The first kappa shape index (κ1) is 8.24. The Bertz CT molecular complexity index is 200. The molecule has 0 aromatic heterocycles. The summed E-state index contributed by atoms with van der Waals surface area (Å²) in [7, 11) is 0. The normalized spacial score (nSPS) is 30.2. The van der Waals surface area contributed by atoms with Crippen molar-refractivity contribution >= 4 is 11.7 Å². The van der Waals surface area contributed by atoms with Crippen LogP contribution in [-0.2, 0) is 9.59 Å². The maximum absolute atomic E-state index is 11.3. The molecule has 0 aromatic carbocycles. The molecule has 1 N–H and O–H groups in total. The lowest BCUT2D eigenvalue weighted by atomic mass is 9.83. The molecule has 11 heavy (non-hydrogen) atoms. The molecular weight excluding hydrogens is 142 g/mol. The second-order valence-electron chi connectivity index (χ2n) is 3.11. The van der Waals surface area contributed by atoms with Crippen LogP contribution in [0, 0.1) is 5.41 Å². The maximum Gasteiger partial charge on any atom is 0.233 e. The van der Waals surface area contributed by atoms with Crippen molar-refractivity contribution in [3.63, 3.8) is 0 Å². The minimum absolute atomic E-state index is 0.0486. The fourth-order valence-corrected chi connectivity index (χ4v) is 1.39. The number of rotatable bonds is 2. The second kappa shape index (κ2) is 2.64. The standard InChI is InChI=1S/C8H13NO2/c1-3-6(10)8(2)4-5-9-7(8)11/h3-5H2,1-2H3,(H,9,11). The molecule has 0 aliphatic carbocycles. The van der Waals surface area contributed by atoms with Gasteiger partial charge >= 0.3 is 0 Å². The van der Waals surface area contributed by atoms with Gasteiger partial charge in [-0.1, -0.05) is 6.92 Å². The number of carbonyl (C=O) groups excluding carboxylic acids is 2. The van der Waals surface area contributed by atoms with Crippen molar-refractivity contribution in [1.82, 2.24) is 5.32 Å². The number of ketones is 1. The molecule has 1 rings (SSSR count). The highest BCUT2D eigenvalue weighted by Crippen LogP contribution is 2.27. The average molecular weight is 155 g/mol. The van der Waals surface area contributed by atoms with Crippen LogP contribution >= 0.6 is 0 Å². The van der Waals surface area contributed by atoms with Crippen LogP contribution in [0.1, 0.15) is 26.7 Å². The Labute approximate surface area is 66.2 Å². The Morgan fingerprint density at radius 1 is 1.73 bits per heavy atom. The predicted octanol–water partition coefficient (Wildman–Crippen LogP) is 0.492. The van der Waals surface area contributed by atoms with Crippen LogP contribution in [-0.4, -0.2) is 18.2 Å². The van der Waals surface area contributed by atoms with E-state index in [4.69, 9.17) is 0 Å². The maximum atomic E-state index is 11.3. The van der Waals surface area contributed by atoms with Crippen LogP contribution in [0.2, 0.25) is 0 Å². The number of hydrogen-bond acceptors (Lipinski definition) is 2. The number of hydrogen-bond donors (Lipinski definition) is 1. The van der Waals surface area contributed by atoms with Crippen LogP contribution in [0.25, 0.3) is 0 Å². The van der Waals surface area contributed by atoms with Crippen molar-refractivity contribution in [3.05, 3.63) is 0 Å². The summed E-state index contributed by atoms with van der Waals surface area (Å²) >= 11 is 0. The molecule has 0 radical (unpaired) electrons. The van der Waals surface area contributed by atoms with Crippen molar-refractivity contribution in [3.8, 4) is 0 Å². The molecule has 62 valence electrons. The molecule has 0 aromatic rings. The largest absolute Gasteiger partial charge is 0.355 e. The van der Waals surface area contributed by atoms with Gasteiger partial charge in [0.15, 0.2) is 0 Å². The summed E-state index contributed by atoms with van der Waals surface area (Å²) < 4.78 is 0. The molecular formula is C8H13NO2. The number of carbonyl (C=O) groups is 2. The molecule has 1 saturated heterocycles. The first-order chi connectivity index (χ1) is 5.11. The zero-order valence-electron chi connectivity index (χ0n) is 6.94. The Morgan fingerprint density at radius 2 is 2.36 bits per heavy atom. The highest BCUT2D eigenvalue weighted by molar-refractivity contribution is 6.06. The zero-order chi connectivity index (χ0) is 8.48. The van der Waals surface area contributed by atoms with E-state index in [0.717, 1.165) is 0 Å². The molecule has 1 atom stereocenters.